The van der Waals surface area contributed by atoms with E-state index in [1.165, 1.54) is 25.0 Å². The number of halogens is 1. The van der Waals surface area contributed by atoms with Crippen LogP contribution in [0.25, 0.3) is 0 Å². The van der Waals surface area contributed by atoms with Crippen molar-refractivity contribution >= 4 is 5.69 Å². The second kappa shape index (κ2) is 4.80. The lowest BCUT2D eigenvalue weighted by atomic mass is 9.99. The maximum absolute atomic E-state index is 13.1. The van der Waals surface area contributed by atoms with E-state index in [9.17, 15) is 4.39 Å². The van der Waals surface area contributed by atoms with Gasteiger partial charge in [-0.1, -0.05) is 12.8 Å². The lowest BCUT2D eigenvalue weighted by molar-refractivity contribution is 0.480. The molecular weight excluding hydrogens is 205 g/mol. The van der Waals surface area contributed by atoms with Crippen LogP contribution in [0.2, 0.25) is 0 Å². The van der Waals surface area contributed by atoms with Crippen LogP contribution < -0.4 is 17.0 Å². The molecule has 0 bridgehead atoms. The third-order valence-electron chi connectivity index (χ3n) is 3.19. The van der Waals surface area contributed by atoms with E-state index in [4.69, 9.17) is 11.6 Å². The van der Waals surface area contributed by atoms with E-state index < -0.39 is 0 Å². The van der Waals surface area contributed by atoms with Crippen LogP contribution >= 0.6 is 0 Å². The third-order valence-corrected chi connectivity index (χ3v) is 3.19. The second-order valence-electron chi connectivity index (χ2n) is 4.51. The molecule has 16 heavy (non-hydrogen) atoms. The summed E-state index contributed by atoms with van der Waals surface area (Å²) in [6.45, 7) is 0. The molecular formula is C12H18FN3. The highest BCUT2D eigenvalue weighted by atomic mass is 19.1. The topological polar surface area (TPSA) is 64.1 Å². The molecule has 2 rings (SSSR count). The zero-order valence-electron chi connectivity index (χ0n) is 9.25. The lowest BCUT2D eigenvalue weighted by Crippen LogP contribution is -2.28. The Kier molecular flexibility index (Phi) is 3.41. The number of anilines is 1. The van der Waals surface area contributed by atoms with Crippen LogP contribution in [0.1, 0.15) is 37.3 Å². The first-order valence-electron chi connectivity index (χ1n) is 5.71. The summed E-state index contributed by atoms with van der Waals surface area (Å²) in [4.78, 5) is 0. The third kappa shape index (κ3) is 2.71. The molecule has 1 aromatic rings. The molecule has 0 radical (unpaired) electrons. The van der Waals surface area contributed by atoms with E-state index in [-0.39, 0.29) is 11.9 Å². The molecule has 1 unspecified atom stereocenters. The van der Waals surface area contributed by atoms with Crippen molar-refractivity contribution < 1.29 is 4.39 Å². The molecule has 1 atom stereocenters. The van der Waals surface area contributed by atoms with Crippen molar-refractivity contribution in [2.75, 3.05) is 5.73 Å². The maximum atomic E-state index is 13.1. The number of nitrogens with one attached hydrogen (secondary N) is 1. The molecule has 0 aromatic heterocycles. The fourth-order valence-corrected chi connectivity index (χ4v) is 1.98. The molecule has 0 saturated heterocycles. The highest BCUT2D eigenvalue weighted by Crippen LogP contribution is 2.36. The van der Waals surface area contributed by atoms with Gasteiger partial charge in [-0.15, -0.1) is 0 Å². The first-order chi connectivity index (χ1) is 7.70. The van der Waals surface area contributed by atoms with Crippen molar-refractivity contribution in [2.45, 2.75) is 31.7 Å². The number of hydrogen-bond donors (Lipinski definition) is 3. The average molecular weight is 223 g/mol. The van der Waals surface area contributed by atoms with Gasteiger partial charge in [0.25, 0.3) is 0 Å². The van der Waals surface area contributed by atoms with Crippen LogP contribution in [0.15, 0.2) is 18.2 Å². The first kappa shape index (κ1) is 11.4. The number of nitrogens with two attached hydrogens (primary N) is 2. The SMILES string of the molecule is NNC(CCC1CC1)c1cc(F)ccc1N. The highest BCUT2D eigenvalue weighted by Gasteiger charge is 2.23. The smallest absolute Gasteiger partial charge is 0.123 e. The van der Waals surface area contributed by atoms with E-state index in [2.05, 4.69) is 5.43 Å². The Morgan fingerprint density at radius 2 is 2.19 bits per heavy atom. The zero-order valence-corrected chi connectivity index (χ0v) is 9.25. The monoisotopic (exact) mass is 223 g/mol. The lowest BCUT2D eigenvalue weighted by Gasteiger charge is -2.18. The second-order valence-corrected chi connectivity index (χ2v) is 4.51. The van der Waals surface area contributed by atoms with Gasteiger partial charge in [0.2, 0.25) is 0 Å². The van der Waals surface area contributed by atoms with Gasteiger partial charge in [-0.25, -0.2) is 4.39 Å². The van der Waals surface area contributed by atoms with Crippen molar-refractivity contribution in [3.63, 3.8) is 0 Å². The normalized spacial score (nSPS) is 17.4. The van der Waals surface area contributed by atoms with Crippen LogP contribution in [0.4, 0.5) is 10.1 Å². The predicted octanol–water partition coefficient (Wildman–Crippen LogP) is 2.10. The Morgan fingerprint density at radius 3 is 2.81 bits per heavy atom. The van der Waals surface area contributed by atoms with E-state index in [1.54, 1.807) is 6.07 Å². The zero-order chi connectivity index (χ0) is 11.5. The Labute approximate surface area is 95.0 Å². The summed E-state index contributed by atoms with van der Waals surface area (Å²) in [5.41, 5.74) is 9.91. The van der Waals surface area contributed by atoms with Crippen LogP contribution in [0, 0.1) is 11.7 Å². The highest BCUT2D eigenvalue weighted by molar-refractivity contribution is 5.48. The Hall–Kier alpha value is -1.13. The van der Waals surface area contributed by atoms with Crippen molar-refractivity contribution in [1.29, 1.82) is 0 Å². The van der Waals surface area contributed by atoms with Crippen LogP contribution in [0.3, 0.4) is 0 Å². The molecule has 3 nitrogen and oxygen atoms in total. The van der Waals surface area contributed by atoms with Gasteiger partial charge in [0.1, 0.15) is 5.82 Å². The van der Waals surface area contributed by atoms with E-state index in [0.29, 0.717) is 5.69 Å². The van der Waals surface area contributed by atoms with Crippen LogP contribution in [0.5, 0.6) is 0 Å². The maximum Gasteiger partial charge on any atom is 0.123 e. The summed E-state index contributed by atoms with van der Waals surface area (Å²) in [6.07, 6.45) is 4.67. The molecule has 1 aromatic carbocycles. The van der Waals surface area contributed by atoms with Gasteiger partial charge in [0, 0.05) is 11.7 Å². The minimum absolute atomic E-state index is 0.0451. The summed E-state index contributed by atoms with van der Waals surface area (Å²) < 4.78 is 13.1. The number of nitrogen functional groups attached to an aromatic ring is 1. The van der Waals surface area contributed by atoms with Crippen LogP contribution in [-0.4, -0.2) is 0 Å². The molecule has 88 valence electrons. The van der Waals surface area contributed by atoms with Gasteiger partial charge in [-0.05, 0) is 42.5 Å². The quantitative estimate of drug-likeness (QED) is 0.407. The number of hydrazine groups is 1. The van der Waals surface area contributed by atoms with Crippen molar-refractivity contribution in [2.24, 2.45) is 11.8 Å². The van der Waals surface area contributed by atoms with Gasteiger partial charge in [0.05, 0.1) is 0 Å². The fraction of sp³-hybridized carbons (Fsp3) is 0.500. The van der Waals surface area contributed by atoms with Crippen molar-refractivity contribution in [3.05, 3.63) is 29.6 Å². The molecule has 0 spiro atoms. The van der Waals surface area contributed by atoms with Gasteiger partial charge in [-0.2, -0.15) is 0 Å². The van der Waals surface area contributed by atoms with Gasteiger partial charge in [0.15, 0.2) is 0 Å². The molecule has 5 N–H and O–H groups in total. The summed E-state index contributed by atoms with van der Waals surface area (Å²) in [6, 6.07) is 4.38. The summed E-state index contributed by atoms with van der Waals surface area (Å²) >= 11 is 0. The minimum Gasteiger partial charge on any atom is -0.398 e. The largest absolute Gasteiger partial charge is 0.398 e. The number of hydrogen-bond acceptors (Lipinski definition) is 3. The summed E-state index contributed by atoms with van der Waals surface area (Å²) in [5, 5.41) is 0. The number of benzene rings is 1. The molecule has 0 amide bonds. The Balaban J connectivity index is 2.07. The van der Waals surface area contributed by atoms with E-state index >= 15 is 0 Å². The molecule has 0 heterocycles. The summed E-state index contributed by atoms with van der Waals surface area (Å²) in [5.74, 6) is 6.07. The standard InChI is InChI=1S/C12H18FN3/c13-9-4-5-11(14)10(7-9)12(16-15)6-3-8-1-2-8/h4-5,7-8,12,16H,1-3,6,14-15H2. The fourth-order valence-electron chi connectivity index (χ4n) is 1.98. The first-order valence-corrected chi connectivity index (χ1v) is 5.71. The molecule has 1 aliphatic carbocycles. The molecule has 0 aliphatic heterocycles. The van der Waals surface area contributed by atoms with E-state index in [0.717, 1.165) is 24.3 Å². The molecule has 1 saturated carbocycles. The van der Waals surface area contributed by atoms with Crippen molar-refractivity contribution in [1.82, 2.24) is 5.43 Å². The molecule has 1 aliphatic rings. The van der Waals surface area contributed by atoms with Gasteiger partial charge < -0.3 is 5.73 Å². The minimum atomic E-state index is -0.268. The average Bonchev–Trinajstić information content (AvgIpc) is 3.07. The molecule has 4 heteroatoms. The van der Waals surface area contributed by atoms with Gasteiger partial charge in [-0.3, -0.25) is 11.3 Å². The Morgan fingerprint density at radius 1 is 1.44 bits per heavy atom. The number of rotatable bonds is 5. The van der Waals surface area contributed by atoms with Gasteiger partial charge >= 0.3 is 0 Å². The summed E-state index contributed by atoms with van der Waals surface area (Å²) in [7, 11) is 0. The van der Waals surface area contributed by atoms with Crippen LogP contribution in [-0.2, 0) is 0 Å². The van der Waals surface area contributed by atoms with E-state index in [1.807, 2.05) is 0 Å². The molecule has 1 fully saturated rings. The Bertz CT molecular complexity index is 363. The van der Waals surface area contributed by atoms with Crippen molar-refractivity contribution in [3.8, 4) is 0 Å². The predicted molar refractivity (Wildman–Crippen MR) is 62.8 cm³/mol.